The first-order chi connectivity index (χ1) is 8.67. The van der Waals surface area contributed by atoms with Crippen LogP contribution in [-0.2, 0) is 9.84 Å². The molecule has 6 heteroatoms. The van der Waals surface area contributed by atoms with Gasteiger partial charge in [-0.25, -0.2) is 8.42 Å². The lowest BCUT2D eigenvalue weighted by molar-refractivity contribution is 0.0156. The molecule has 0 amide bonds. The fourth-order valence-electron chi connectivity index (χ4n) is 3.02. The highest BCUT2D eigenvalue weighted by molar-refractivity contribution is 7.90. The van der Waals surface area contributed by atoms with E-state index in [1.54, 1.807) is 0 Å². The lowest BCUT2D eigenvalue weighted by Crippen LogP contribution is -2.50. The van der Waals surface area contributed by atoms with Gasteiger partial charge in [0.1, 0.15) is 9.84 Å². The van der Waals surface area contributed by atoms with Crippen molar-refractivity contribution in [2.24, 2.45) is 5.41 Å². The average Bonchev–Trinajstić information content (AvgIpc) is 2.26. The Morgan fingerprint density at radius 2 is 1.84 bits per heavy atom. The minimum absolute atomic E-state index is 0.0230. The van der Waals surface area contributed by atoms with Crippen LogP contribution in [0.25, 0.3) is 0 Å². The van der Waals surface area contributed by atoms with Gasteiger partial charge in [0.15, 0.2) is 0 Å². The summed E-state index contributed by atoms with van der Waals surface area (Å²) in [5, 5.41) is 9.66. The molecule has 1 fully saturated rings. The van der Waals surface area contributed by atoms with Gasteiger partial charge in [-0.3, -0.25) is 4.90 Å². The number of likely N-dealkylation sites (tertiary alicyclic amines) is 1. The Labute approximate surface area is 117 Å². The van der Waals surface area contributed by atoms with Crippen molar-refractivity contribution in [2.75, 3.05) is 52.3 Å². The molecule has 1 unspecified atom stereocenters. The number of nitrogens with zero attached hydrogens (tertiary/aromatic N) is 2. The molecule has 0 saturated carbocycles. The molecule has 1 heterocycles. The molecule has 1 atom stereocenters. The zero-order valence-electron chi connectivity index (χ0n) is 12.6. The van der Waals surface area contributed by atoms with Gasteiger partial charge in [-0.15, -0.1) is 0 Å². The molecule has 0 aromatic heterocycles. The molecule has 114 valence electrons. The molecular weight excluding hydrogens is 264 g/mol. The minimum atomic E-state index is -2.93. The van der Waals surface area contributed by atoms with Gasteiger partial charge in [0.2, 0.25) is 0 Å². The molecule has 1 aliphatic heterocycles. The molecule has 0 aromatic rings. The Hall–Kier alpha value is -0.170. The third-order valence-corrected chi connectivity index (χ3v) is 5.10. The zero-order valence-corrected chi connectivity index (χ0v) is 13.4. The maximum Gasteiger partial charge on any atom is 0.148 e. The second kappa shape index (κ2) is 6.52. The molecule has 1 saturated heterocycles. The summed E-state index contributed by atoms with van der Waals surface area (Å²) < 4.78 is 22.7. The van der Waals surface area contributed by atoms with Crippen molar-refractivity contribution in [2.45, 2.75) is 25.8 Å². The van der Waals surface area contributed by atoms with E-state index in [9.17, 15) is 13.5 Å². The van der Waals surface area contributed by atoms with Gasteiger partial charge in [0.25, 0.3) is 0 Å². The van der Waals surface area contributed by atoms with E-state index in [2.05, 4.69) is 9.80 Å². The first kappa shape index (κ1) is 16.9. The normalized spacial score (nSPS) is 22.6. The highest BCUT2D eigenvalue weighted by Gasteiger charge is 2.36. The second-order valence-corrected chi connectivity index (χ2v) is 8.56. The third kappa shape index (κ3) is 5.38. The van der Waals surface area contributed by atoms with Gasteiger partial charge in [0, 0.05) is 24.3 Å². The van der Waals surface area contributed by atoms with Crippen molar-refractivity contribution in [3.8, 4) is 0 Å². The van der Waals surface area contributed by atoms with Crippen LogP contribution in [0.3, 0.4) is 0 Å². The summed E-state index contributed by atoms with van der Waals surface area (Å²) in [7, 11) is 1.12. The Balaban J connectivity index is 2.56. The van der Waals surface area contributed by atoms with Crippen LogP contribution >= 0.6 is 0 Å². The van der Waals surface area contributed by atoms with Crippen LogP contribution < -0.4 is 0 Å². The number of aliphatic hydroxyl groups is 1. The van der Waals surface area contributed by atoms with Gasteiger partial charge < -0.3 is 10.0 Å². The van der Waals surface area contributed by atoms with Gasteiger partial charge >= 0.3 is 0 Å². The van der Waals surface area contributed by atoms with Crippen LogP contribution in [-0.4, -0.2) is 81.7 Å². The highest BCUT2D eigenvalue weighted by Crippen LogP contribution is 2.32. The molecular formula is C13H28N2O3S. The zero-order chi connectivity index (χ0) is 14.7. The lowest BCUT2D eigenvalue weighted by Gasteiger charge is -2.44. The fraction of sp³-hybridized carbons (Fsp3) is 1.00. The minimum Gasteiger partial charge on any atom is -0.396 e. The van der Waals surface area contributed by atoms with Crippen LogP contribution in [0.5, 0.6) is 0 Å². The van der Waals surface area contributed by atoms with Crippen LogP contribution in [0.15, 0.2) is 0 Å². The summed E-state index contributed by atoms with van der Waals surface area (Å²) in [5.74, 6) is 0.215. The summed E-state index contributed by atoms with van der Waals surface area (Å²) in [5.41, 5.74) is -0.0230. The molecule has 5 nitrogen and oxygen atoms in total. The van der Waals surface area contributed by atoms with Gasteiger partial charge in [-0.2, -0.15) is 0 Å². The standard InChI is InChI=1S/C13H28N2O3S/c1-12(9-19(4,17)18)15-7-5-13(11-16,6-8-15)10-14(2)3/h12,16H,5-11H2,1-4H3. The third-order valence-electron chi connectivity index (χ3n) is 4.01. The molecule has 0 aliphatic carbocycles. The summed E-state index contributed by atoms with van der Waals surface area (Å²) in [6, 6.07) is 0.0612. The van der Waals surface area contributed by atoms with Gasteiger partial charge in [-0.1, -0.05) is 0 Å². The highest BCUT2D eigenvalue weighted by atomic mass is 32.2. The second-order valence-electron chi connectivity index (χ2n) is 6.37. The van der Waals surface area contributed by atoms with Crippen LogP contribution in [0, 0.1) is 5.41 Å². The van der Waals surface area contributed by atoms with Gasteiger partial charge in [0.05, 0.1) is 12.4 Å². The van der Waals surface area contributed by atoms with Crippen LogP contribution in [0.1, 0.15) is 19.8 Å². The van der Waals surface area contributed by atoms with E-state index in [1.165, 1.54) is 6.26 Å². The maximum atomic E-state index is 11.3. The Morgan fingerprint density at radius 3 is 2.21 bits per heavy atom. The molecule has 1 N–H and O–H groups in total. The van der Waals surface area contributed by atoms with Crippen molar-refractivity contribution in [3.63, 3.8) is 0 Å². The van der Waals surface area contributed by atoms with Crippen LogP contribution in [0.2, 0.25) is 0 Å². The fourth-order valence-corrected chi connectivity index (χ4v) is 4.11. The Bertz CT molecular complexity index is 373. The molecule has 1 rings (SSSR count). The molecule has 1 aliphatic rings. The molecule has 0 aromatic carbocycles. The van der Waals surface area contributed by atoms with Crippen molar-refractivity contribution < 1.29 is 13.5 Å². The summed E-state index contributed by atoms with van der Waals surface area (Å²) in [4.78, 5) is 4.34. The van der Waals surface area contributed by atoms with Crippen molar-refractivity contribution in [3.05, 3.63) is 0 Å². The van der Waals surface area contributed by atoms with Crippen molar-refractivity contribution >= 4 is 9.84 Å². The summed E-state index contributed by atoms with van der Waals surface area (Å²) in [6.45, 7) is 4.80. The number of hydrogen-bond acceptors (Lipinski definition) is 5. The summed E-state index contributed by atoms with van der Waals surface area (Å²) in [6.07, 6.45) is 3.14. The number of hydrogen-bond donors (Lipinski definition) is 1. The average molecular weight is 292 g/mol. The summed E-state index contributed by atoms with van der Waals surface area (Å²) >= 11 is 0. The van der Waals surface area contributed by atoms with E-state index in [-0.39, 0.29) is 23.8 Å². The topological polar surface area (TPSA) is 60.9 Å². The van der Waals surface area contributed by atoms with E-state index < -0.39 is 9.84 Å². The van der Waals surface area contributed by atoms with E-state index in [1.807, 2.05) is 21.0 Å². The number of piperidine rings is 1. The predicted molar refractivity (Wildman–Crippen MR) is 78.1 cm³/mol. The molecule has 0 spiro atoms. The molecule has 19 heavy (non-hydrogen) atoms. The Morgan fingerprint density at radius 1 is 1.32 bits per heavy atom. The molecule has 0 radical (unpaired) electrons. The van der Waals surface area contributed by atoms with E-state index >= 15 is 0 Å². The quantitative estimate of drug-likeness (QED) is 0.750. The van der Waals surface area contributed by atoms with E-state index in [4.69, 9.17) is 0 Å². The number of rotatable bonds is 6. The van der Waals surface area contributed by atoms with Gasteiger partial charge in [-0.05, 0) is 47.0 Å². The smallest absolute Gasteiger partial charge is 0.148 e. The predicted octanol–water partition coefficient (Wildman–Crippen LogP) is 0.0556. The monoisotopic (exact) mass is 292 g/mol. The number of aliphatic hydroxyl groups excluding tert-OH is 1. The van der Waals surface area contributed by atoms with Crippen molar-refractivity contribution in [1.82, 2.24) is 9.80 Å². The maximum absolute atomic E-state index is 11.3. The van der Waals surface area contributed by atoms with E-state index in [0.29, 0.717) is 0 Å². The first-order valence-electron chi connectivity index (χ1n) is 6.85. The molecule has 0 bridgehead atoms. The lowest BCUT2D eigenvalue weighted by atomic mass is 9.78. The SMILES string of the molecule is CC(CS(C)(=O)=O)N1CCC(CO)(CN(C)C)CC1. The first-order valence-corrected chi connectivity index (χ1v) is 8.91. The largest absolute Gasteiger partial charge is 0.396 e. The van der Waals surface area contributed by atoms with Crippen molar-refractivity contribution in [1.29, 1.82) is 0 Å². The van der Waals surface area contributed by atoms with E-state index in [0.717, 1.165) is 32.5 Å². The number of sulfone groups is 1. The van der Waals surface area contributed by atoms with Crippen LogP contribution in [0.4, 0.5) is 0 Å². The Kier molecular flexibility index (Phi) is 5.79.